The Balaban J connectivity index is 1.77. The van der Waals surface area contributed by atoms with Crippen molar-refractivity contribution >= 4 is 34.2 Å². The van der Waals surface area contributed by atoms with Gasteiger partial charge in [0.25, 0.3) is 11.8 Å². The van der Waals surface area contributed by atoms with Gasteiger partial charge in [0.15, 0.2) is 0 Å². The number of fused-ring (bicyclic) bond motifs is 1. The normalized spacial score (nSPS) is 12.8. The summed E-state index contributed by atoms with van der Waals surface area (Å²) in [6, 6.07) is 6.93. The van der Waals surface area contributed by atoms with Gasteiger partial charge in [-0.3, -0.25) is 9.59 Å². The molecule has 9 heteroatoms. The zero-order chi connectivity index (χ0) is 22.4. The number of benzene rings is 1. The first-order valence-electron chi connectivity index (χ1n) is 10.3. The molecule has 3 rings (SSSR count). The summed E-state index contributed by atoms with van der Waals surface area (Å²) in [5.41, 5.74) is 7.12. The van der Waals surface area contributed by atoms with E-state index in [1.165, 1.54) is 18.4 Å². The molecule has 2 heterocycles. The molecule has 0 saturated carbocycles. The highest BCUT2D eigenvalue weighted by molar-refractivity contribution is 7.17. The molecule has 3 amide bonds. The van der Waals surface area contributed by atoms with Crippen LogP contribution in [-0.2, 0) is 17.7 Å². The van der Waals surface area contributed by atoms with Crippen molar-refractivity contribution in [2.45, 2.75) is 39.2 Å². The van der Waals surface area contributed by atoms with E-state index in [1.807, 2.05) is 6.07 Å². The zero-order valence-electron chi connectivity index (χ0n) is 17.7. The average Bonchev–Trinajstić information content (AvgIpc) is 3.13. The van der Waals surface area contributed by atoms with Gasteiger partial charge in [0.2, 0.25) is 0 Å². The number of hydrogen-bond donors (Lipinski definition) is 2. The fourth-order valence-corrected chi connectivity index (χ4v) is 4.75. The van der Waals surface area contributed by atoms with Crippen LogP contribution in [0.1, 0.15) is 57.3 Å². The van der Waals surface area contributed by atoms with E-state index in [0.29, 0.717) is 48.0 Å². The highest BCUT2D eigenvalue weighted by Crippen LogP contribution is 2.37. The molecule has 0 bridgehead atoms. The van der Waals surface area contributed by atoms with E-state index in [2.05, 4.69) is 12.2 Å². The predicted octanol–water partition coefficient (Wildman–Crippen LogP) is 3.79. The predicted molar refractivity (Wildman–Crippen MR) is 119 cm³/mol. The fraction of sp³-hybridized carbons (Fsp3) is 0.409. The third kappa shape index (κ3) is 5.35. The lowest BCUT2D eigenvalue weighted by atomic mass is 10.0. The van der Waals surface area contributed by atoms with Crippen LogP contribution in [0, 0.1) is 0 Å². The number of anilines is 1. The van der Waals surface area contributed by atoms with Gasteiger partial charge in [0.1, 0.15) is 10.8 Å². The minimum Gasteiger partial charge on any atom is -0.494 e. The third-order valence-corrected chi connectivity index (χ3v) is 6.21. The van der Waals surface area contributed by atoms with Crippen molar-refractivity contribution in [1.29, 1.82) is 0 Å². The average molecular weight is 446 g/mol. The van der Waals surface area contributed by atoms with Gasteiger partial charge in [-0.1, -0.05) is 25.8 Å². The van der Waals surface area contributed by atoms with Crippen molar-refractivity contribution in [1.82, 2.24) is 4.90 Å². The first-order valence-corrected chi connectivity index (χ1v) is 11.1. The second kappa shape index (κ2) is 10.3. The molecular weight excluding hydrogens is 418 g/mol. The first-order chi connectivity index (χ1) is 14.9. The summed E-state index contributed by atoms with van der Waals surface area (Å²) < 4.78 is 10.5. The van der Waals surface area contributed by atoms with Crippen LogP contribution < -0.4 is 15.8 Å². The van der Waals surface area contributed by atoms with Crippen LogP contribution in [0.25, 0.3) is 0 Å². The quantitative estimate of drug-likeness (QED) is 0.601. The first kappa shape index (κ1) is 22.6. The monoisotopic (exact) mass is 445 g/mol. The molecule has 8 nitrogen and oxygen atoms in total. The number of amides is 3. The molecule has 0 saturated heterocycles. The molecule has 1 aromatic carbocycles. The Bertz CT molecular complexity index is 972. The van der Waals surface area contributed by atoms with Gasteiger partial charge in [0, 0.05) is 17.0 Å². The van der Waals surface area contributed by atoms with Crippen LogP contribution in [0.4, 0.5) is 9.80 Å². The molecule has 3 N–H and O–H groups in total. The summed E-state index contributed by atoms with van der Waals surface area (Å²) in [6.07, 6.45) is 3.19. The van der Waals surface area contributed by atoms with E-state index in [0.717, 1.165) is 29.7 Å². The number of ether oxygens (including phenoxy) is 2. The molecule has 0 atom stereocenters. The Hall–Kier alpha value is -3.07. The number of unbranched alkanes of at least 4 members (excludes halogenated alkanes) is 2. The standard InChI is InChI=1S/C22H27N3O5S/c1-3-4-5-11-30-15-8-6-7-14(12-15)20(27)24-21-18(19(23)26)16-9-10-25(22(28)29-2)13-17(16)31-21/h6-8,12H,3-5,9-11,13H2,1-2H3,(H2,23,26)(H,24,27). The topological polar surface area (TPSA) is 111 Å². The number of carbonyl (C=O) groups excluding carboxylic acids is 3. The van der Waals surface area contributed by atoms with Crippen molar-refractivity contribution in [2.75, 3.05) is 25.6 Å². The van der Waals surface area contributed by atoms with Crippen LogP contribution >= 0.6 is 11.3 Å². The molecule has 1 aliphatic rings. The van der Waals surface area contributed by atoms with E-state index in [-0.39, 0.29) is 5.91 Å². The Morgan fingerprint density at radius 3 is 2.77 bits per heavy atom. The summed E-state index contributed by atoms with van der Waals surface area (Å²) in [5.74, 6) is -0.338. The number of thiophene rings is 1. The van der Waals surface area contributed by atoms with Crippen LogP contribution in [0.15, 0.2) is 24.3 Å². The molecule has 1 aliphatic heterocycles. The minimum absolute atomic E-state index is 0.309. The third-order valence-electron chi connectivity index (χ3n) is 5.08. The number of carbonyl (C=O) groups is 3. The molecular formula is C22H27N3O5S. The lowest BCUT2D eigenvalue weighted by Crippen LogP contribution is -2.35. The van der Waals surface area contributed by atoms with E-state index in [1.54, 1.807) is 23.1 Å². The molecule has 0 aliphatic carbocycles. The zero-order valence-corrected chi connectivity index (χ0v) is 18.5. The van der Waals surface area contributed by atoms with Crippen molar-refractivity contribution in [3.05, 3.63) is 45.8 Å². The number of hydrogen-bond acceptors (Lipinski definition) is 6. The van der Waals surface area contributed by atoms with Gasteiger partial charge in [-0.15, -0.1) is 11.3 Å². The maximum absolute atomic E-state index is 12.9. The largest absolute Gasteiger partial charge is 0.494 e. The second-order valence-electron chi connectivity index (χ2n) is 7.25. The fourth-order valence-electron chi connectivity index (χ4n) is 3.48. The molecule has 0 radical (unpaired) electrons. The number of rotatable bonds is 8. The molecule has 1 aromatic heterocycles. The molecule has 0 unspecified atom stereocenters. The highest BCUT2D eigenvalue weighted by Gasteiger charge is 2.30. The molecule has 31 heavy (non-hydrogen) atoms. The maximum atomic E-state index is 12.9. The van der Waals surface area contributed by atoms with Crippen molar-refractivity contribution in [3.8, 4) is 5.75 Å². The summed E-state index contributed by atoms with van der Waals surface area (Å²) in [4.78, 5) is 39.2. The molecule has 2 aromatic rings. The van der Waals surface area contributed by atoms with Crippen molar-refractivity contribution in [2.24, 2.45) is 5.73 Å². The maximum Gasteiger partial charge on any atom is 0.409 e. The van der Waals surface area contributed by atoms with Gasteiger partial charge in [-0.2, -0.15) is 0 Å². The van der Waals surface area contributed by atoms with Crippen LogP contribution in [-0.4, -0.2) is 43.1 Å². The highest BCUT2D eigenvalue weighted by atomic mass is 32.1. The minimum atomic E-state index is -0.604. The number of nitrogens with two attached hydrogens (primary N) is 1. The van der Waals surface area contributed by atoms with Gasteiger partial charge < -0.3 is 25.4 Å². The van der Waals surface area contributed by atoms with E-state index < -0.39 is 12.0 Å². The Morgan fingerprint density at radius 1 is 1.26 bits per heavy atom. The van der Waals surface area contributed by atoms with E-state index in [4.69, 9.17) is 15.2 Å². The lowest BCUT2D eigenvalue weighted by Gasteiger charge is -2.25. The summed E-state index contributed by atoms with van der Waals surface area (Å²) >= 11 is 1.25. The van der Waals surface area contributed by atoms with Crippen LogP contribution in [0.2, 0.25) is 0 Å². The Kier molecular flexibility index (Phi) is 7.51. The smallest absolute Gasteiger partial charge is 0.409 e. The van der Waals surface area contributed by atoms with Gasteiger partial charge in [-0.05, 0) is 36.6 Å². The van der Waals surface area contributed by atoms with Gasteiger partial charge in [0.05, 0.1) is 25.8 Å². The number of nitrogens with zero attached hydrogens (tertiary/aromatic N) is 1. The number of primary amides is 1. The molecule has 0 fully saturated rings. The van der Waals surface area contributed by atoms with Gasteiger partial charge in [-0.25, -0.2) is 4.79 Å². The van der Waals surface area contributed by atoms with E-state index in [9.17, 15) is 14.4 Å². The van der Waals surface area contributed by atoms with Crippen molar-refractivity contribution < 1.29 is 23.9 Å². The van der Waals surface area contributed by atoms with Crippen LogP contribution in [0.5, 0.6) is 5.75 Å². The molecule has 0 spiro atoms. The van der Waals surface area contributed by atoms with Gasteiger partial charge >= 0.3 is 6.09 Å². The van der Waals surface area contributed by atoms with Crippen molar-refractivity contribution in [3.63, 3.8) is 0 Å². The van der Waals surface area contributed by atoms with E-state index >= 15 is 0 Å². The Morgan fingerprint density at radius 2 is 2.06 bits per heavy atom. The van der Waals surface area contributed by atoms with Crippen LogP contribution in [0.3, 0.4) is 0 Å². The summed E-state index contributed by atoms with van der Waals surface area (Å²) in [6.45, 7) is 3.45. The lowest BCUT2D eigenvalue weighted by molar-refractivity contribution is 0.0999. The number of methoxy groups -OCH3 is 1. The number of nitrogens with one attached hydrogen (secondary N) is 1. The molecule has 166 valence electrons. The second-order valence-corrected chi connectivity index (χ2v) is 8.36. The summed E-state index contributed by atoms with van der Waals surface area (Å²) in [7, 11) is 1.33. The summed E-state index contributed by atoms with van der Waals surface area (Å²) in [5, 5.41) is 3.21. The Labute approximate surface area is 185 Å². The SMILES string of the molecule is CCCCCOc1cccc(C(=O)Nc2sc3c(c2C(N)=O)CCN(C(=O)OC)C3)c1.